The van der Waals surface area contributed by atoms with E-state index in [4.69, 9.17) is 9.84 Å². The van der Waals surface area contributed by atoms with E-state index in [9.17, 15) is 19.3 Å². The number of nitro groups is 1. The van der Waals surface area contributed by atoms with Gasteiger partial charge in [0.15, 0.2) is 5.82 Å². The lowest BCUT2D eigenvalue weighted by atomic mass is 10.1. The number of aromatic carboxylic acids is 1. The van der Waals surface area contributed by atoms with Gasteiger partial charge in [0.05, 0.1) is 16.7 Å². The molecule has 0 saturated carbocycles. The van der Waals surface area contributed by atoms with E-state index in [1.807, 2.05) is 0 Å². The number of benzene rings is 1. The van der Waals surface area contributed by atoms with Crippen molar-refractivity contribution in [3.63, 3.8) is 0 Å². The molecule has 1 rings (SSSR count). The van der Waals surface area contributed by atoms with Crippen molar-refractivity contribution in [3.05, 3.63) is 33.6 Å². The summed E-state index contributed by atoms with van der Waals surface area (Å²) in [5, 5.41) is 22.3. The number of carbonyl (C=O) groups is 1. The van der Waals surface area contributed by atoms with Gasteiger partial charge in [0.25, 0.3) is 5.69 Å². The molecule has 0 aliphatic carbocycles. The minimum absolute atomic E-state index is 0.0644. The highest BCUT2D eigenvalue weighted by molar-refractivity contribution is 5.93. The molecule has 0 fully saturated rings. The second kappa shape index (κ2) is 7.39. The van der Waals surface area contributed by atoms with Gasteiger partial charge in [-0.05, 0) is 18.9 Å². The second-order valence-corrected chi connectivity index (χ2v) is 4.04. The lowest BCUT2D eigenvalue weighted by Gasteiger charge is -2.08. The number of rotatable bonds is 8. The Labute approximate surface area is 114 Å². The average Bonchev–Trinajstić information content (AvgIpc) is 2.39. The molecule has 0 atom stereocenters. The number of nitrogens with one attached hydrogen (secondary N) is 1. The number of hydrogen-bond donors (Lipinski definition) is 2. The molecule has 1 aromatic carbocycles. The van der Waals surface area contributed by atoms with Crippen LogP contribution < -0.4 is 5.32 Å². The lowest BCUT2D eigenvalue weighted by Crippen LogP contribution is -2.09. The van der Waals surface area contributed by atoms with Gasteiger partial charge in [0, 0.05) is 20.3 Å². The van der Waals surface area contributed by atoms with Gasteiger partial charge in [-0.25, -0.2) is 9.18 Å². The maximum atomic E-state index is 13.6. The highest BCUT2D eigenvalue weighted by atomic mass is 19.1. The molecule has 2 N–H and O–H groups in total. The van der Waals surface area contributed by atoms with Crippen molar-refractivity contribution >= 4 is 17.3 Å². The van der Waals surface area contributed by atoms with Gasteiger partial charge >= 0.3 is 5.97 Å². The molecular formula is C12H15FN2O5. The molecule has 110 valence electrons. The van der Waals surface area contributed by atoms with Gasteiger partial charge in [0.1, 0.15) is 5.56 Å². The third-order valence-electron chi connectivity index (χ3n) is 2.60. The predicted molar refractivity (Wildman–Crippen MR) is 69.6 cm³/mol. The van der Waals surface area contributed by atoms with Crippen LogP contribution in [-0.2, 0) is 4.74 Å². The number of nitrogens with zero attached hydrogens (tertiary/aromatic N) is 1. The summed E-state index contributed by atoms with van der Waals surface area (Å²) in [6.45, 7) is 0.988. The van der Waals surface area contributed by atoms with Crippen LogP contribution in [0.3, 0.4) is 0 Å². The van der Waals surface area contributed by atoms with Crippen molar-refractivity contribution in [1.82, 2.24) is 0 Å². The van der Waals surface area contributed by atoms with Crippen LogP contribution in [0.5, 0.6) is 0 Å². The molecule has 0 radical (unpaired) electrons. The molecule has 1 aromatic rings. The topological polar surface area (TPSA) is 102 Å². The Morgan fingerprint density at radius 2 is 2.20 bits per heavy atom. The zero-order valence-corrected chi connectivity index (χ0v) is 10.9. The van der Waals surface area contributed by atoms with E-state index in [0.717, 1.165) is 12.5 Å². The highest BCUT2D eigenvalue weighted by Gasteiger charge is 2.23. The molecule has 8 heteroatoms. The molecule has 0 bridgehead atoms. The van der Waals surface area contributed by atoms with E-state index in [-0.39, 0.29) is 5.69 Å². The third-order valence-corrected chi connectivity index (χ3v) is 2.60. The standard InChI is InChI=1S/C12H15FN2O5/c1-20-5-3-2-4-14-10-6-8(12(16)17)11(15(18)19)7-9(10)13/h6-7,14H,2-5H2,1H3,(H,16,17). The van der Waals surface area contributed by atoms with E-state index in [1.54, 1.807) is 7.11 Å². The smallest absolute Gasteiger partial charge is 0.342 e. The maximum Gasteiger partial charge on any atom is 0.342 e. The summed E-state index contributed by atoms with van der Waals surface area (Å²) in [6.07, 6.45) is 1.47. The maximum absolute atomic E-state index is 13.6. The minimum Gasteiger partial charge on any atom is -0.477 e. The van der Waals surface area contributed by atoms with Crippen molar-refractivity contribution in [1.29, 1.82) is 0 Å². The fraction of sp³-hybridized carbons (Fsp3) is 0.417. The van der Waals surface area contributed by atoms with Crippen molar-refractivity contribution in [2.24, 2.45) is 0 Å². The number of unbranched alkanes of at least 4 members (excludes halogenated alkanes) is 1. The van der Waals surface area contributed by atoms with E-state index in [1.165, 1.54) is 0 Å². The number of methoxy groups -OCH3 is 1. The molecule has 0 aliphatic heterocycles. The van der Waals surface area contributed by atoms with E-state index in [2.05, 4.69) is 5.32 Å². The molecule has 0 heterocycles. The van der Waals surface area contributed by atoms with E-state index >= 15 is 0 Å². The zero-order valence-electron chi connectivity index (χ0n) is 10.9. The normalized spacial score (nSPS) is 10.3. The Kier molecular flexibility index (Phi) is 5.85. The Morgan fingerprint density at radius 3 is 2.75 bits per heavy atom. The van der Waals surface area contributed by atoms with Crippen LogP contribution in [-0.4, -0.2) is 36.3 Å². The third kappa shape index (κ3) is 4.16. The van der Waals surface area contributed by atoms with Gasteiger partial charge < -0.3 is 15.2 Å². The Morgan fingerprint density at radius 1 is 1.50 bits per heavy atom. The SMILES string of the molecule is COCCCCNc1cc(C(=O)O)c([N+](=O)[O-])cc1F. The Hall–Kier alpha value is -2.22. The van der Waals surface area contributed by atoms with Gasteiger partial charge in [-0.2, -0.15) is 0 Å². The summed E-state index contributed by atoms with van der Waals surface area (Å²) in [7, 11) is 1.57. The minimum atomic E-state index is -1.47. The molecular weight excluding hydrogens is 271 g/mol. The molecule has 0 spiro atoms. The number of nitro benzene ring substituents is 1. The van der Waals surface area contributed by atoms with Crippen LogP contribution in [0.15, 0.2) is 12.1 Å². The number of hydrogen-bond acceptors (Lipinski definition) is 5. The highest BCUT2D eigenvalue weighted by Crippen LogP contribution is 2.26. The van der Waals surface area contributed by atoms with E-state index in [0.29, 0.717) is 25.6 Å². The van der Waals surface area contributed by atoms with Gasteiger partial charge in [0.2, 0.25) is 0 Å². The number of carboxylic acids is 1. The fourth-order valence-corrected chi connectivity index (χ4v) is 1.62. The molecule has 0 aliphatic rings. The van der Waals surface area contributed by atoms with Crippen molar-refractivity contribution in [2.45, 2.75) is 12.8 Å². The fourth-order valence-electron chi connectivity index (χ4n) is 1.62. The van der Waals surface area contributed by atoms with Gasteiger partial charge in [-0.1, -0.05) is 0 Å². The first-order chi connectivity index (χ1) is 9.47. The molecule has 7 nitrogen and oxygen atoms in total. The van der Waals surface area contributed by atoms with Crippen LogP contribution in [0.2, 0.25) is 0 Å². The summed E-state index contributed by atoms with van der Waals surface area (Å²) >= 11 is 0. The predicted octanol–water partition coefficient (Wildman–Crippen LogP) is 2.27. The molecule has 0 saturated heterocycles. The lowest BCUT2D eigenvalue weighted by molar-refractivity contribution is -0.385. The first-order valence-corrected chi connectivity index (χ1v) is 5.91. The summed E-state index contributed by atoms with van der Waals surface area (Å²) in [5.41, 5.74) is -1.37. The summed E-state index contributed by atoms with van der Waals surface area (Å²) in [6, 6.07) is 1.55. The quantitative estimate of drug-likeness (QED) is 0.432. The Balaban J connectivity index is 2.84. The average molecular weight is 286 g/mol. The molecule has 0 unspecified atom stereocenters. The first kappa shape index (κ1) is 15.8. The molecule has 0 amide bonds. The molecule has 20 heavy (non-hydrogen) atoms. The number of halogens is 1. The number of ether oxygens (including phenoxy) is 1. The first-order valence-electron chi connectivity index (χ1n) is 5.91. The molecule has 0 aromatic heterocycles. The summed E-state index contributed by atoms with van der Waals surface area (Å²) in [4.78, 5) is 20.7. The van der Waals surface area contributed by atoms with Crippen LogP contribution in [0.25, 0.3) is 0 Å². The van der Waals surface area contributed by atoms with Gasteiger partial charge in [-0.3, -0.25) is 10.1 Å². The largest absolute Gasteiger partial charge is 0.477 e. The zero-order chi connectivity index (χ0) is 15.1. The summed E-state index contributed by atoms with van der Waals surface area (Å²) in [5.74, 6) is -2.33. The van der Waals surface area contributed by atoms with Crippen LogP contribution >= 0.6 is 0 Å². The number of carboxylic acid groups (broad SMARTS) is 1. The second-order valence-electron chi connectivity index (χ2n) is 4.04. The Bertz CT molecular complexity index is 507. The van der Waals surface area contributed by atoms with Crippen LogP contribution in [0.1, 0.15) is 23.2 Å². The monoisotopic (exact) mass is 286 g/mol. The summed E-state index contributed by atoms with van der Waals surface area (Å²) < 4.78 is 18.5. The van der Waals surface area contributed by atoms with Crippen LogP contribution in [0.4, 0.5) is 15.8 Å². The van der Waals surface area contributed by atoms with Crippen molar-refractivity contribution < 1.29 is 24.0 Å². The number of anilines is 1. The van der Waals surface area contributed by atoms with Crippen molar-refractivity contribution in [3.8, 4) is 0 Å². The van der Waals surface area contributed by atoms with Crippen LogP contribution in [0, 0.1) is 15.9 Å². The van der Waals surface area contributed by atoms with Gasteiger partial charge in [-0.15, -0.1) is 0 Å². The van der Waals surface area contributed by atoms with Crippen molar-refractivity contribution in [2.75, 3.05) is 25.6 Å². The van der Waals surface area contributed by atoms with E-state index < -0.39 is 28.0 Å².